The largest absolute Gasteiger partial charge is 0.369 e. The van der Waals surface area contributed by atoms with E-state index in [-0.39, 0.29) is 24.2 Å². The average Bonchev–Trinajstić information content (AvgIpc) is 2.96. The van der Waals surface area contributed by atoms with E-state index in [9.17, 15) is 14.7 Å². The zero-order valence-electron chi connectivity index (χ0n) is 13.8. The molecule has 3 heterocycles. The number of nitrogens with zero attached hydrogens (tertiary/aromatic N) is 1. The van der Waals surface area contributed by atoms with Crippen LogP contribution in [0.4, 0.5) is 5.69 Å². The van der Waals surface area contributed by atoms with Gasteiger partial charge in [-0.3, -0.25) is 9.59 Å². The molecule has 0 bridgehead atoms. The topological polar surface area (TPSA) is 69.6 Å². The van der Waals surface area contributed by atoms with Gasteiger partial charge in [0, 0.05) is 24.1 Å². The van der Waals surface area contributed by atoms with Gasteiger partial charge in [0.2, 0.25) is 11.8 Å². The summed E-state index contributed by atoms with van der Waals surface area (Å²) in [5, 5.41) is 15.1. The van der Waals surface area contributed by atoms with Crippen molar-refractivity contribution in [3.05, 3.63) is 29.8 Å². The highest BCUT2D eigenvalue weighted by molar-refractivity contribution is 6.01. The molecule has 4 atom stereocenters. The van der Waals surface area contributed by atoms with Crippen LogP contribution in [0.1, 0.15) is 44.6 Å². The van der Waals surface area contributed by atoms with E-state index in [0.29, 0.717) is 13.0 Å². The van der Waals surface area contributed by atoms with Crippen molar-refractivity contribution in [2.75, 3.05) is 11.9 Å². The third-order valence-corrected chi connectivity index (χ3v) is 7.37. The molecule has 2 saturated heterocycles. The molecule has 4 aliphatic rings. The minimum Gasteiger partial charge on any atom is -0.369 e. The molecule has 24 heavy (non-hydrogen) atoms. The van der Waals surface area contributed by atoms with Gasteiger partial charge in [-0.25, -0.2) is 0 Å². The third-order valence-electron chi connectivity index (χ3n) is 7.37. The van der Waals surface area contributed by atoms with Gasteiger partial charge in [0.15, 0.2) is 5.72 Å². The maximum Gasteiger partial charge on any atom is 0.228 e. The van der Waals surface area contributed by atoms with Crippen LogP contribution in [-0.4, -0.2) is 34.1 Å². The van der Waals surface area contributed by atoms with Gasteiger partial charge in [0.1, 0.15) is 0 Å². The van der Waals surface area contributed by atoms with E-state index >= 15 is 0 Å². The van der Waals surface area contributed by atoms with Crippen LogP contribution < -0.4 is 5.32 Å². The first-order valence-electron chi connectivity index (χ1n) is 8.93. The summed E-state index contributed by atoms with van der Waals surface area (Å²) < 4.78 is 0. The highest BCUT2D eigenvalue weighted by atomic mass is 16.3. The van der Waals surface area contributed by atoms with Crippen LogP contribution in [-0.2, 0) is 15.0 Å². The van der Waals surface area contributed by atoms with Gasteiger partial charge >= 0.3 is 0 Å². The van der Waals surface area contributed by atoms with Gasteiger partial charge in [-0.1, -0.05) is 25.1 Å². The first-order chi connectivity index (χ1) is 11.5. The van der Waals surface area contributed by atoms with Gasteiger partial charge in [-0.2, -0.15) is 0 Å². The van der Waals surface area contributed by atoms with Crippen LogP contribution in [0.3, 0.4) is 0 Å². The lowest BCUT2D eigenvalue weighted by Gasteiger charge is -2.54. The van der Waals surface area contributed by atoms with Crippen molar-refractivity contribution >= 4 is 17.5 Å². The number of hydrogen-bond donors (Lipinski definition) is 2. The van der Waals surface area contributed by atoms with E-state index in [1.165, 1.54) is 0 Å². The number of aliphatic hydroxyl groups is 1. The second-order valence-electron chi connectivity index (χ2n) is 7.89. The first-order valence-corrected chi connectivity index (χ1v) is 8.93. The Morgan fingerprint density at radius 3 is 2.92 bits per heavy atom. The number of rotatable bonds is 1. The van der Waals surface area contributed by atoms with Crippen molar-refractivity contribution < 1.29 is 14.7 Å². The Balaban J connectivity index is 1.86. The smallest absolute Gasteiger partial charge is 0.228 e. The monoisotopic (exact) mass is 326 g/mol. The Morgan fingerprint density at radius 2 is 2.12 bits per heavy atom. The van der Waals surface area contributed by atoms with Crippen molar-refractivity contribution in [2.45, 2.75) is 50.2 Å². The second-order valence-corrected chi connectivity index (χ2v) is 7.89. The lowest BCUT2D eigenvalue weighted by molar-refractivity contribution is -0.209. The highest BCUT2D eigenvalue weighted by Gasteiger charge is 2.80. The molecule has 2 N–H and O–H groups in total. The molecule has 5 nitrogen and oxygen atoms in total. The number of nitrogens with one attached hydrogen (secondary N) is 1. The van der Waals surface area contributed by atoms with Crippen molar-refractivity contribution in [3.63, 3.8) is 0 Å². The summed E-state index contributed by atoms with van der Waals surface area (Å²) in [5.74, 6) is -0.396. The predicted octanol–water partition coefficient (Wildman–Crippen LogP) is 2.01. The number of fused-ring (bicyclic) bond motifs is 1. The maximum atomic E-state index is 12.9. The zero-order valence-corrected chi connectivity index (χ0v) is 13.8. The molecule has 1 saturated carbocycles. The fourth-order valence-electron chi connectivity index (χ4n) is 6.41. The van der Waals surface area contributed by atoms with E-state index in [1.807, 2.05) is 24.3 Å². The molecule has 0 unspecified atom stereocenters. The van der Waals surface area contributed by atoms with Crippen LogP contribution in [0.2, 0.25) is 0 Å². The average molecular weight is 326 g/mol. The van der Waals surface area contributed by atoms with E-state index in [0.717, 1.165) is 30.5 Å². The van der Waals surface area contributed by atoms with Crippen molar-refractivity contribution in [2.24, 2.45) is 11.3 Å². The summed E-state index contributed by atoms with van der Waals surface area (Å²) >= 11 is 0. The van der Waals surface area contributed by atoms with Crippen molar-refractivity contribution in [1.82, 2.24) is 4.90 Å². The van der Waals surface area contributed by atoms with Gasteiger partial charge in [-0.15, -0.1) is 0 Å². The molecule has 2 amide bonds. The van der Waals surface area contributed by atoms with Gasteiger partial charge in [-0.05, 0) is 37.3 Å². The molecule has 5 rings (SSSR count). The normalized spacial score (nSPS) is 42.4. The minimum atomic E-state index is -1.25. The molecule has 1 aromatic carbocycles. The molecule has 1 aliphatic carbocycles. The molecular formula is C19H22N2O3. The Hall–Kier alpha value is -1.88. The quantitative estimate of drug-likeness (QED) is 0.829. The summed E-state index contributed by atoms with van der Waals surface area (Å²) in [6, 6.07) is 7.69. The second kappa shape index (κ2) is 4.20. The molecule has 126 valence electrons. The number of anilines is 1. The molecule has 0 aromatic heterocycles. The SMILES string of the molecule is CC[C@@]12CCCN3C(=O)C[C@]4(c5ccccc5NC(=O)[C@H]4C1)[C@]32O. The zero-order chi connectivity index (χ0) is 16.7. The molecular weight excluding hydrogens is 304 g/mol. The summed E-state index contributed by atoms with van der Waals surface area (Å²) in [6.07, 6.45) is 3.44. The highest BCUT2D eigenvalue weighted by Crippen LogP contribution is 2.72. The fraction of sp³-hybridized carbons (Fsp3) is 0.579. The number of piperidine rings is 1. The van der Waals surface area contributed by atoms with Crippen LogP contribution in [0.5, 0.6) is 0 Å². The molecule has 0 radical (unpaired) electrons. The molecule has 1 aromatic rings. The number of hydrogen-bond acceptors (Lipinski definition) is 3. The van der Waals surface area contributed by atoms with Gasteiger partial charge in [0.05, 0.1) is 11.3 Å². The third kappa shape index (κ3) is 1.24. The minimum absolute atomic E-state index is 0.00997. The number of benzene rings is 1. The van der Waals surface area contributed by atoms with E-state index in [2.05, 4.69) is 12.2 Å². The molecule has 1 spiro atoms. The number of para-hydroxylation sites is 1. The maximum absolute atomic E-state index is 12.9. The Morgan fingerprint density at radius 1 is 1.33 bits per heavy atom. The van der Waals surface area contributed by atoms with Crippen molar-refractivity contribution in [1.29, 1.82) is 0 Å². The van der Waals surface area contributed by atoms with Crippen LogP contribution in [0, 0.1) is 11.3 Å². The van der Waals surface area contributed by atoms with Crippen molar-refractivity contribution in [3.8, 4) is 0 Å². The first kappa shape index (κ1) is 14.5. The van der Waals surface area contributed by atoms with Gasteiger partial charge < -0.3 is 15.3 Å². The van der Waals surface area contributed by atoms with E-state index in [4.69, 9.17) is 0 Å². The number of carbonyl (C=O) groups excluding carboxylic acids is 2. The summed E-state index contributed by atoms with van der Waals surface area (Å²) in [5.41, 5.74) is -0.761. The fourth-order valence-corrected chi connectivity index (χ4v) is 6.41. The predicted molar refractivity (Wildman–Crippen MR) is 88.1 cm³/mol. The standard InChI is InChI=1S/C19H22N2O3/c1-2-17-8-5-9-21-15(22)11-18(19(17,21)24)12-6-3-4-7-14(12)20-16(23)13(18)10-17/h3-4,6-7,13,24H,2,5,8-11H2,1H3,(H,20,23)/t13-,17-,18-,19+/m1/s1. The lowest BCUT2D eigenvalue weighted by atomic mass is 9.61. The Bertz CT molecular complexity index is 778. The lowest BCUT2D eigenvalue weighted by Crippen LogP contribution is -2.66. The molecule has 3 aliphatic heterocycles. The summed E-state index contributed by atoms with van der Waals surface area (Å²) in [7, 11) is 0. The van der Waals surface area contributed by atoms with Crippen LogP contribution in [0.25, 0.3) is 0 Å². The number of amides is 2. The summed E-state index contributed by atoms with van der Waals surface area (Å²) in [6.45, 7) is 2.68. The Labute approximate surface area is 141 Å². The van der Waals surface area contributed by atoms with Crippen LogP contribution in [0.15, 0.2) is 24.3 Å². The van der Waals surface area contributed by atoms with Gasteiger partial charge in [0.25, 0.3) is 0 Å². The number of carbonyl (C=O) groups is 2. The molecule has 3 fully saturated rings. The summed E-state index contributed by atoms with van der Waals surface area (Å²) in [4.78, 5) is 27.5. The molecule has 5 heteroatoms. The van der Waals surface area contributed by atoms with E-state index in [1.54, 1.807) is 4.90 Å². The Kier molecular flexibility index (Phi) is 2.53. The van der Waals surface area contributed by atoms with E-state index < -0.39 is 16.6 Å². The van der Waals surface area contributed by atoms with Crippen LogP contribution >= 0.6 is 0 Å².